The number of nitrogens with zero attached hydrogens (tertiary/aromatic N) is 1. The average molecular weight is 368 g/mol. The Morgan fingerprint density at radius 1 is 1.28 bits per heavy atom. The van der Waals surface area contributed by atoms with Crippen LogP contribution in [0.15, 0.2) is 29.6 Å². The minimum absolute atomic E-state index is 0.0260. The second-order valence-corrected chi connectivity index (χ2v) is 5.54. The van der Waals surface area contributed by atoms with E-state index in [1.807, 2.05) is 6.92 Å². The fraction of sp³-hybridized carbons (Fsp3) is 0.375. The molecule has 8 nitrogen and oxygen atoms in total. The van der Waals surface area contributed by atoms with Crippen molar-refractivity contribution in [1.29, 1.82) is 0 Å². The molecule has 2 amide bonds. The average Bonchev–Trinajstić information content (AvgIpc) is 2.59. The fourth-order valence-corrected chi connectivity index (χ4v) is 2.46. The van der Waals surface area contributed by atoms with Gasteiger partial charge in [-0.1, -0.05) is 18.5 Å². The summed E-state index contributed by atoms with van der Waals surface area (Å²) in [5.41, 5.74) is 0.443. The van der Waals surface area contributed by atoms with Crippen LogP contribution in [-0.4, -0.2) is 42.2 Å². The topological polar surface area (TPSA) is 107 Å². The van der Waals surface area contributed by atoms with E-state index in [2.05, 4.69) is 15.6 Å². The van der Waals surface area contributed by atoms with E-state index < -0.39 is 24.0 Å². The summed E-state index contributed by atoms with van der Waals surface area (Å²) < 4.78 is 10.2. The predicted octanol–water partition coefficient (Wildman–Crippen LogP) is 1.80. The van der Waals surface area contributed by atoms with Crippen molar-refractivity contribution >= 4 is 29.6 Å². The molecule has 1 aromatic heterocycles. The maximum absolute atomic E-state index is 12.2. The van der Waals surface area contributed by atoms with Gasteiger partial charge in [-0.2, -0.15) is 0 Å². The first kappa shape index (κ1) is 18.7. The number of carbonyl (C=O) groups excluding carboxylic acids is 3. The molecule has 0 aliphatic carbocycles. The third-order valence-corrected chi connectivity index (χ3v) is 3.66. The van der Waals surface area contributed by atoms with Gasteiger partial charge in [0.25, 0.3) is 0 Å². The van der Waals surface area contributed by atoms with Gasteiger partial charge in [0.2, 0.25) is 0 Å². The Hall–Kier alpha value is -2.61. The molecule has 0 spiro atoms. The molecular formula is C16H18ClN3O5. The number of pyridine rings is 1. The lowest BCUT2D eigenvalue weighted by molar-refractivity contribution is -0.139. The van der Waals surface area contributed by atoms with Gasteiger partial charge in [0.15, 0.2) is 0 Å². The van der Waals surface area contributed by atoms with Gasteiger partial charge in [-0.15, -0.1) is 0 Å². The monoisotopic (exact) mass is 367 g/mol. The Morgan fingerprint density at radius 3 is 2.68 bits per heavy atom. The van der Waals surface area contributed by atoms with Gasteiger partial charge in [0, 0.05) is 11.2 Å². The maximum Gasteiger partial charge on any atom is 0.357 e. The summed E-state index contributed by atoms with van der Waals surface area (Å²) in [7, 11) is 0. The highest BCUT2D eigenvalue weighted by Gasteiger charge is 2.32. The van der Waals surface area contributed by atoms with Crippen molar-refractivity contribution in [3.8, 4) is 0 Å². The van der Waals surface area contributed by atoms with Crippen LogP contribution in [-0.2, 0) is 14.3 Å². The van der Waals surface area contributed by atoms with Crippen molar-refractivity contribution in [2.24, 2.45) is 0 Å². The smallest absolute Gasteiger partial charge is 0.357 e. The first-order chi connectivity index (χ1) is 12.0. The zero-order valence-corrected chi connectivity index (χ0v) is 14.6. The van der Waals surface area contributed by atoms with Gasteiger partial charge >= 0.3 is 18.0 Å². The second-order valence-electron chi connectivity index (χ2n) is 5.11. The number of amides is 2. The lowest BCUT2D eigenvalue weighted by Crippen LogP contribution is -2.51. The number of hydrogen-bond acceptors (Lipinski definition) is 6. The van der Waals surface area contributed by atoms with E-state index in [0.29, 0.717) is 11.4 Å². The summed E-state index contributed by atoms with van der Waals surface area (Å²) in [4.78, 5) is 39.9. The van der Waals surface area contributed by atoms with E-state index in [4.69, 9.17) is 21.1 Å². The van der Waals surface area contributed by atoms with Crippen LogP contribution in [0.4, 0.5) is 4.79 Å². The van der Waals surface area contributed by atoms with Crippen LogP contribution in [0.25, 0.3) is 0 Å². The van der Waals surface area contributed by atoms with Crippen molar-refractivity contribution in [2.75, 3.05) is 13.2 Å². The molecule has 1 aliphatic heterocycles. The van der Waals surface area contributed by atoms with Gasteiger partial charge in [0.1, 0.15) is 12.3 Å². The Labute approximate surface area is 149 Å². The van der Waals surface area contributed by atoms with Crippen molar-refractivity contribution in [1.82, 2.24) is 15.6 Å². The Balaban J connectivity index is 2.21. The van der Waals surface area contributed by atoms with Crippen LogP contribution in [0.1, 0.15) is 30.8 Å². The summed E-state index contributed by atoms with van der Waals surface area (Å²) in [5, 5.41) is 5.47. The van der Waals surface area contributed by atoms with Gasteiger partial charge in [0.05, 0.1) is 23.9 Å². The lowest BCUT2D eigenvalue weighted by Gasteiger charge is -2.28. The Kier molecular flexibility index (Phi) is 6.35. The SMILES string of the molecule is CCOC(=O)C1=C(COC(=O)c2cc(Cl)ccn2)NC(=O)N[C@@H]1CC. The molecule has 0 aromatic carbocycles. The highest BCUT2D eigenvalue weighted by Crippen LogP contribution is 2.18. The third-order valence-electron chi connectivity index (χ3n) is 3.43. The molecule has 2 N–H and O–H groups in total. The van der Waals surface area contributed by atoms with Crippen molar-refractivity contribution in [2.45, 2.75) is 26.3 Å². The molecule has 0 fully saturated rings. The van der Waals surface area contributed by atoms with Gasteiger partial charge < -0.3 is 20.1 Å². The van der Waals surface area contributed by atoms with E-state index in [1.165, 1.54) is 18.3 Å². The molecule has 1 aromatic rings. The molecule has 0 bridgehead atoms. The molecule has 9 heteroatoms. The lowest BCUT2D eigenvalue weighted by atomic mass is 10.0. The highest BCUT2D eigenvalue weighted by atomic mass is 35.5. The largest absolute Gasteiger partial charge is 0.463 e. The molecule has 1 aliphatic rings. The first-order valence-corrected chi connectivity index (χ1v) is 8.10. The van der Waals surface area contributed by atoms with Crippen LogP contribution in [0.2, 0.25) is 5.02 Å². The summed E-state index contributed by atoms with van der Waals surface area (Å²) in [6, 6.07) is 1.89. The molecule has 2 heterocycles. The van der Waals surface area contributed by atoms with E-state index in [0.717, 1.165) is 0 Å². The predicted molar refractivity (Wildman–Crippen MR) is 88.9 cm³/mol. The number of rotatable bonds is 6. The zero-order valence-electron chi connectivity index (χ0n) is 13.8. The van der Waals surface area contributed by atoms with Crippen LogP contribution >= 0.6 is 11.6 Å². The van der Waals surface area contributed by atoms with Crippen molar-refractivity contribution in [3.05, 3.63) is 40.3 Å². The highest BCUT2D eigenvalue weighted by molar-refractivity contribution is 6.30. The number of hydrogen-bond donors (Lipinski definition) is 2. The normalized spacial score (nSPS) is 16.8. The first-order valence-electron chi connectivity index (χ1n) is 7.72. The quantitative estimate of drug-likeness (QED) is 0.742. The molecule has 1 atom stereocenters. The number of esters is 2. The van der Waals surface area contributed by atoms with E-state index in [1.54, 1.807) is 6.92 Å². The summed E-state index contributed by atoms with van der Waals surface area (Å²) in [5.74, 6) is -1.30. The Bertz CT molecular complexity index is 719. The molecule has 0 saturated carbocycles. The molecular weight excluding hydrogens is 350 g/mol. The van der Waals surface area contributed by atoms with E-state index >= 15 is 0 Å². The summed E-state index contributed by atoms with van der Waals surface area (Å²) in [6.07, 6.45) is 1.86. The number of carbonyl (C=O) groups is 3. The minimum Gasteiger partial charge on any atom is -0.463 e. The minimum atomic E-state index is -0.723. The Morgan fingerprint density at radius 2 is 2.04 bits per heavy atom. The molecule has 25 heavy (non-hydrogen) atoms. The van der Waals surface area contributed by atoms with Gasteiger partial charge in [-0.25, -0.2) is 19.4 Å². The van der Waals surface area contributed by atoms with Crippen LogP contribution in [0.3, 0.4) is 0 Å². The van der Waals surface area contributed by atoms with Crippen LogP contribution in [0, 0.1) is 0 Å². The van der Waals surface area contributed by atoms with Gasteiger partial charge in [-0.3, -0.25) is 0 Å². The number of urea groups is 1. The molecule has 2 rings (SSSR count). The van der Waals surface area contributed by atoms with Crippen molar-refractivity contribution in [3.63, 3.8) is 0 Å². The van der Waals surface area contributed by atoms with Crippen LogP contribution in [0.5, 0.6) is 0 Å². The number of halogens is 1. The number of ether oxygens (including phenoxy) is 2. The van der Waals surface area contributed by atoms with Crippen LogP contribution < -0.4 is 10.6 Å². The van der Waals surface area contributed by atoms with Gasteiger partial charge in [-0.05, 0) is 25.5 Å². The number of aromatic nitrogens is 1. The van der Waals surface area contributed by atoms with E-state index in [-0.39, 0.29) is 30.2 Å². The summed E-state index contributed by atoms with van der Waals surface area (Å²) >= 11 is 5.81. The molecule has 0 unspecified atom stereocenters. The second kappa shape index (κ2) is 8.48. The number of nitrogens with one attached hydrogen (secondary N) is 2. The summed E-state index contributed by atoms with van der Waals surface area (Å²) in [6.45, 7) is 3.38. The molecule has 0 saturated heterocycles. The third kappa shape index (κ3) is 4.69. The fourth-order valence-electron chi connectivity index (χ4n) is 2.30. The zero-order chi connectivity index (χ0) is 18.4. The maximum atomic E-state index is 12.2. The standard InChI is InChI=1S/C16H18ClN3O5/c1-3-10-13(15(22)24-4-2)12(20-16(23)19-10)8-25-14(21)11-7-9(17)5-6-18-11/h5-7,10H,3-4,8H2,1-2H3,(H2,19,20,23)/t10-/m1/s1. The van der Waals surface area contributed by atoms with E-state index in [9.17, 15) is 14.4 Å². The molecule has 134 valence electrons. The molecule has 0 radical (unpaired) electrons. The van der Waals surface area contributed by atoms with Crippen molar-refractivity contribution < 1.29 is 23.9 Å².